The first-order chi connectivity index (χ1) is 4.43. The molecule has 0 radical (unpaired) electrons. The maximum Gasteiger partial charge on any atom is 0.431 e. The summed E-state index contributed by atoms with van der Waals surface area (Å²) in [6.07, 6.45) is 4.30. The zero-order chi connectivity index (χ0) is 6.53. The van der Waals surface area contributed by atoms with Crippen LogP contribution in [0.3, 0.4) is 0 Å². The molecule has 0 aliphatic heterocycles. The summed E-state index contributed by atoms with van der Waals surface area (Å²) in [4.78, 5) is 3.78. The Hall–Kier alpha value is -0.950. The molecule has 0 aromatic carbocycles. The summed E-state index contributed by atoms with van der Waals surface area (Å²) in [6, 6.07) is 0. The standard InChI is InChI=1S/C5H5N3S/c1-2-3-9-5-6-4-7-8-5/h2H,1,3H2/p+1. The number of nitrogens with one attached hydrogen (secondary N) is 1. The van der Waals surface area contributed by atoms with Crippen molar-refractivity contribution in [3.8, 4) is 0 Å². The van der Waals surface area contributed by atoms with E-state index in [4.69, 9.17) is 0 Å². The smallest absolute Gasteiger partial charge is 0.166 e. The predicted octanol–water partition coefficient (Wildman–Crippen LogP) is 0.0879. The molecule has 0 atom stereocenters. The van der Waals surface area contributed by atoms with Gasteiger partial charge in [-0.3, -0.25) is 0 Å². The fourth-order valence-electron chi connectivity index (χ4n) is 0.369. The molecular weight excluding hydrogens is 134 g/mol. The van der Waals surface area contributed by atoms with Gasteiger partial charge in [0.05, 0.1) is 5.10 Å². The van der Waals surface area contributed by atoms with E-state index in [-0.39, 0.29) is 0 Å². The van der Waals surface area contributed by atoms with E-state index >= 15 is 0 Å². The largest absolute Gasteiger partial charge is 0.431 e. The van der Waals surface area contributed by atoms with E-state index in [1.165, 1.54) is 11.8 Å². The van der Waals surface area contributed by atoms with Gasteiger partial charge < -0.3 is 0 Å². The fourth-order valence-corrected chi connectivity index (χ4v) is 0.856. The first-order valence-corrected chi connectivity index (χ1v) is 3.44. The van der Waals surface area contributed by atoms with Crippen molar-refractivity contribution in [3.05, 3.63) is 19.0 Å². The van der Waals surface area contributed by atoms with E-state index in [2.05, 4.69) is 28.1 Å². The molecule has 0 unspecified atom stereocenters. The Morgan fingerprint density at radius 2 is 2.89 bits per heavy atom. The van der Waals surface area contributed by atoms with Crippen LogP contribution in [0.2, 0.25) is 0 Å². The van der Waals surface area contributed by atoms with E-state index in [1.54, 1.807) is 6.08 Å². The van der Waals surface area contributed by atoms with E-state index in [0.717, 1.165) is 10.9 Å². The van der Waals surface area contributed by atoms with Crippen LogP contribution in [0.25, 0.3) is 0 Å². The molecule has 0 saturated carbocycles. The zero-order valence-corrected chi connectivity index (χ0v) is 5.61. The molecule has 4 heteroatoms. The molecule has 0 spiro atoms. The lowest BCUT2D eigenvalue weighted by molar-refractivity contribution is -0.347. The highest BCUT2D eigenvalue weighted by atomic mass is 32.2. The third-order valence-electron chi connectivity index (χ3n) is 0.683. The van der Waals surface area contributed by atoms with Crippen molar-refractivity contribution in [1.29, 1.82) is 0 Å². The van der Waals surface area contributed by atoms with Crippen LogP contribution in [-0.2, 0) is 0 Å². The van der Waals surface area contributed by atoms with Crippen LogP contribution in [0.5, 0.6) is 0 Å². The minimum atomic E-state index is 0.718. The Labute approximate surface area is 57.6 Å². The maximum absolute atomic E-state index is 3.78. The van der Waals surface area contributed by atoms with Crippen LogP contribution in [0.15, 0.2) is 17.8 Å². The quantitative estimate of drug-likeness (QED) is 0.478. The minimum Gasteiger partial charge on any atom is -0.166 e. The summed E-state index contributed by atoms with van der Waals surface area (Å²) in [5.41, 5.74) is 0. The van der Waals surface area contributed by atoms with E-state index < -0.39 is 0 Å². The average molecular weight is 140 g/mol. The van der Waals surface area contributed by atoms with Gasteiger partial charge in [0.15, 0.2) is 0 Å². The van der Waals surface area contributed by atoms with Gasteiger partial charge >= 0.3 is 11.5 Å². The van der Waals surface area contributed by atoms with Crippen molar-refractivity contribution in [3.63, 3.8) is 0 Å². The average Bonchev–Trinajstić information content (AvgIpc) is 2.34. The van der Waals surface area contributed by atoms with Crippen LogP contribution in [0.4, 0.5) is 0 Å². The normalized spacial score (nSPS) is 8.44. The molecule has 1 aromatic rings. The van der Waals surface area contributed by atoms with Crippen LogP contribution < -0.4 is 4.98 Å². The fraction of sp³-hybridized carbons (Fsp3) is 0.200. The second kappa shape index (κ2) is 3.15. The molecule has 9 heavy (non-hydrogen) atoms. The van der Waals surface area contributed by atoms with Crippen LogP contribution in [-0.4, -0.2) is 16.0 Å². The zero-order valence-electron chi connectivity index (χ0n) is 4.79. The Bertz CT molecular complexity index is 170. The predicted molar refractivity (Wildman–Crippen MR) is 33.9 cm³/mol. The number of rotatable bonds is 3. The molecule has 0 saturated heterocycles. The molecule has 1 N–H and O–H groups in total. The summed E-state index contributed by atoms with van der Waals surface area (Å²) >= 11 is 1.52. The lowest BCUT2D eigenvalue weighted by atomic mass is 10.8. The monoisotopic (exact) mass is 140 g/mol. The highest BCUT2D eigenvalue weighted by Crippen LogP contribution is 2.05. The molecule has 0 bridgehead atoms. The summed E-state index contributed by atoms with van der Waals surface area (Å²) in [6.45, 7) is 3.56. The van der Waals surface area contributed by atoms with Crippen molar-refractivity contribution in [1.82, 2.24) is 10.2 Å². The first-order valence-electron chi connectivity index (χ1n) is 2.45. The van der Waals surface area contributed by atoms with E-state index in [0.29, 0.717) is 0 Å². The molecule has 1 aromatic heterocycles. The van der Waals surface area contributed by atoms with Gasteiger partial charge in [-0.25, -0.2) is 0 Å². The number of hydrogen-bond donors (Lipinski definition) is 1. The van der Waals surface area contributed by atoms with Crippen molar-refractivity contribution in [2.24, 2.45) is 0 Å². The molecular formula is C5H6N3S+. The van der Waals surface area contributed by atoms with Gasteiger partial charge in [-0.2, -0.15) is 4.98 Å². The summed E-state index contributed by atoms with van der Waals surface area (Å²) in [5, 5.41) is 6.99. The number of hydrogen-bond acceptors (Lipinski definition) is 2. The Morgan fingerprint density at radius 1 is 2.00 bits per heavy atom. The third-order valence-corrected chi connectivity index (χ3v) is 1.53. The molecule has 46 valence electrons. The van der Waals surface area contributed by atoms with Crippen molar-refractivity contribution >= 4 is 11.8 Å². The number of aromatic nitrogens is 3. The van der Waals surface area contributed by atoms with Crippen LogP contribution in [0, 0.1) is 6.33 Å². The molecule has 1 heterocycles. The van der Waals surface area contributed by atoms with E-state index in [9.17, 15) is 0 Å². The summed E-state index contributed by atoms with van der Waals surface area (Å²) in [5.74, 6) is 0.839. The van der Waals surface area contributed by atoms with Gasteiger partial charge in [0.25, 0.3) is 0 Å². The second-order valence-corrected chi connectivity index (χ2v) is 2.32. The van der Waals surface area contributed by atoms with Gasteiger partial charge in [0, 0.05) is 5.75 Å². The third kappa shape index (κ3) is 1.78. The number of thioether (sulfide) groups is 1. The molecule has 0 amide bonds. The van der Waals surface area contributed by atoms with Crippen molar-refractivity contribution in [2.75, 3.05) is 5.75 Å². The highest BCUT2D eigenvalue weighted by molar-refractivity contribution is 7.99. The SMILES string of the molecule is C=CCSc1n[nH]c#[n+]1. The van der Waals surface area contributed by atoms with Crippen molar-refractivity contribution in [2.45, 2.75) is 5.16 Å². The second-order valence-electron chi connectivity index (χ2n) is 1.33. The molecule has 1 rings (SSSR count). The topological polar surface area (TPSA) is 42.8 Å². The lowest BCUT2D eigenvalue weighted by Crippen LogP contribution is -1.91. The van der Waals surface area contributed by atoms with E-state index in [1.807, 2.05) is 0 Å². The Morgan fingerprint density at radius 3 is 3.44 bits per heavy atom. The summed E-state index contributed by atoms with van der Waals surface area (Å²) < 4.78 is 0. The maximum atomic E-state index is 3.78. The van der Waals surface area contributed by atoms with Gasteiger partial charge in [-0.1, -0.05) is 11.2 Å². The lowest BCUT2D eigenvalue weighted by Gasteiger charge is -1.75. The first kappa shape index (κ1) is 6.17. The van der Waals surface area contributed by atoms with Gasteiger partial charge in [-0.15, -0.1) is 6.58 Å². The van der Waals surface area contributed by atoms with Crippen molar-refractivity contribution < 1.29 is 4.98 Å². The van der Waals surface area contributed by atoms with Crippen LogP contribution >= 0.6 is 11.8 Å². The number of H-pyrrole nitrogens is 1. The van der Waals surface area contributed by atoms with Gasteiger partial charge in [0.1, 0.15) is 0 Å². The molecule has 3 nitrogen and oxygen atoms in total. The molecule has 0 fully saturated rings. The Balaban J connectivity index is 2.38. The number of nitrogens with zero attached hydrogens (tertiary/aromatic N) is 2. The highest BCUT2D eigenvalue weighted by Gasteiger charge is 2.02. The molecule has 0 aliphatic carbocycles. The minimum absolute atomic E-state index is 0.718. The number of aromatic amines is 1. The van der Waals surface area contributed by atoms with Gasteiger partial charge in [0.2, 0.25) is 0 Å². The molecule has 0 aliphatic rings. The van der Waals surface area contributed by atoms with Gasteiger partial charge in [-0.05, 0) is 11.8 Å². The Kier molecular flexibility index (Phi) is 2.16. The summed E-state index contributed by atoms with van der Waals surface area (Å²) in [7, 11) is 0. The van der Waals surface area contributed by atoms with Crippen LogP contribution in [0.1, 0.15) is 0 Å².